The summed E-state index contributed by atoms with van der Waals surface area (Å²) >= 11 is 0. The molecule has 0 saturated carbocycles. The topological polar surface area (TPSA) is 79.9 Å². The molecule has 0 aliphatic carbocycles. The van der Waals surface area contributed by atoms with Gasteiger partial charge in [0, 0.05) is 23.5 Å². The van der Waals surface area contributed by atoms with Crippen molar-refractivity contribution < 1.29 is 19.1 Å². The van der Waals surface area contributed by atoms with Gasteiger partial charge < -0.3 is 19.7 Å². The van der Waals surface area contributed by atoms with Gasteiger partial charge in [-0.2, -0.15) is 0 Å². The number of carbonyl (C=O) groups is 2. The number of para-hydroxylation sites is 1. The number of amides is 3. The molecule has 28 heavy (non-hydrogen) atoms. The van der Waals surface area contributed by atoms with E-state index in [-0.39, 0.29) is 18.5 Å². The number of benzene rings is 2. The number of anilines is 2. The molecule has 0 radical (unpaired) electrons. The van der Waals surface area contributed by atoms with Crippen LogP contribution in [0.1, 0.15) is 18.9 Å². The zero-order chi connectivity index (χ0) is 19.5. The Morgan fingerprint density at radius 3 is 2.75 bits per heavy atom. The zero-order valence-electron chi connectivity index (χ0n) is 15.7. The van der Waals surface area contributed by atoms with Crippen LogP contribution >= 0.6 is 0 Å². The van der Waals surface area contributed by atoms with Crippen molar-refractivity contribution in [1.82, 2.24) is 5.32 Å². The Hall–Kier alpha value is -3.22. The molecule has 0 saturated heterocycles. The molecule has 2 aromatic rings. The van der Waals surface area contributed by atoms with E-state index in [0.717, 1.165) is 18.5 Å². The molecular weight excluding hydrogens is 358 g/mol. The van der Waals surface area contributed by atoms with E-state index in [2.05, 4.69) is 23.6 Å². The Bertz CT molecular complexity index is 899. The van der Waals surface area contributed by atoms with E-state index in [4.69, 9.17) is 9.47 Å². The Kier molecular flexibility index (Phi) is 5.06. The van der Waals surface area contributed by atoms with Gasteiger partial charge >= 0.3 is 6.03 Å². The third kappa shape index (κ3) is 3.88. The standard InChI is InChI=1S/C21H23N3O4/c1-14-6-7-15-4-2-3-5-17(15)24(14)13-20(25)23-21(26)22-16-8-9-18-19(12-16)28-11-10-27-18/h2-5,8-9,12,14H,6-7,10-11,13H2,1H3,(H2,22,23,25,26)/t14-/m0/s1. The molecule has 2 N–H and O–H groups in total. The second-order valence-electron chi connectivity index (χ2n) is 7.01. The predicted molar refractivity (Wildman–Crippen MR) is 106 cm³/mol. The molecule has 7 nitrogen and oxygen atoms in total. The fourth-order valence-corrected chi connectivity index (χ4v) is 3.61. The summed E-state index contributed by atoms with van der Waals surface area (Å²) in [5.74, 6) is 0.874. The lowest BCUT2D eigenvalue weighted by Gasteiger charge is -2.36. The minimum absolute atomic E-state index is 0.132. The number of aryl methyl sites for hydroxylation is 1. The summed E-state index contributed by atoms with van der Waals surface area (Å²) in [4.78, 5) is 26.7. The molecule has 2 aliphatic rings. The molecule has 3 amide bonds. The summed E-state index contributed by atoms with van der Waals surface area (Å²) in [6.45, 7) is 3.20. The van der Waals surface area contributed by atoms with Crippen LogP contribution in [0.5, 0.6) is 11.5 Å². The van der Waals surface area contributed by atoms with Crippen molar-refractivity contribution in [3.05, 3.63) is 48.0 Å². The number of carbonyl (C=O) groups excluding carboxylic acids is 2. The zero-order valence-corrected chi connectivity index (χ0v) is 15.7. The second-order valence-corrected chi connectivity index (χ2v) is 7.01. The highest BCUT2D eigenvalue weighted by atomic mass is 16.6. The van der Waals surface area contributed by atoms with E-state index in [9.17, 15) is 9.59 Å². The fraction of sp³-hybridized carbons (Fsp3) is 0.333. The van der Waals surface area contributed by atoms with Crippen LogP contribution in [-0.4, -0.2) is 37.7 Å². The normalized spacial score (nSPS) is 17.5. The number of imide groups is 1. The average molecular weight is 381 g/mol. The van der Waals surface area contributed by atoms with E-state index >= 15 is 0 Å². The van der Waals surface area contributed by atoms with Gasteiger partial charge in [-0.25, -0.2) is 4.79 Å². The molecule has 7 heteroatoms. The number of ether oxygens (including phenoxy) is 2. The maximum atomic E-state index is 12.4. The lowest BCUT2D eigenvalue weighted by Crippen LogP contribution is -2.46. The minimum atomic E-state index is -0.570. The molecule has 0 spiro atoms. The quantitative estimate of drug-likeness (QED) is 0.855. The third-order valence-corrected chi connectivity index (χ3v) is 5.03. The molecular formula is C21H23N3O4. The van der Waals surface area contributed by atoms with Crippen molar-refractivity contribution in [2.24, 2.45) is 0 Å². The van der Waals surface area contributed by atoms with Crippen molar-refractivity contribution in [1.29, 1.82) is 0 Å². The van der Waals surface area contributed by atoms with Crippen LogP contribution in [0.3, 0.4) is 0 Å². The molecule has 0 aromatic heterocycles. The van der Waals surface area contributed by atoms with Crippen molar-refractivity contribution in [2.45, 2.75) is 25.8 Å². The highest BCUT2D eigenvalue weighted by molar-refractivity contribution is 6.02. The van der Waals surface area contributed by atoms with Gasteiger partial charge in [-0.05, 0) is 43.5 Å². The van der Waals surface area contributed by atoms with Crippen LogP contribution in [-0.2, 0) is 11.2 Å². The van der Waals surface area contributed by atoms with Crippen molar-refractivity contribution >= 4 is 23.3 Å². The smallest absolute Gasteiger partial charge is 0.325 e. The largest absolute Gasteiger partial charge is 0.486 e. The summed E-state index contributed by atoms with van der Waals surface area (Å²) in [5.41, 5.74) is 2.82. The number of rotatable bonds is 3. The summed E-state index contributed by atoms with van der Waals surface area (Å²) in [5, 5.41) is 5.07. The average Bonchev–Trinajstić information content (AvgIpc) is 2.70. The molecule has 2 aliphatic heterocycles. The molecule has 1 atom stereocenters. The highest BCUT2D eigenvalue weighted by Crippen LogP contribution is 2.32. The first-order valence-electron chi connectivity index (χ1n) is 9.45. The number of fused-ring (bicyclic) bond motifs is 2. The number of hydrogen-bond donors (Lipinski definition) is 2. The van der Waals surface area contributed by atoms with Gasteiger partial charge in [0.2, 0.25) is 5.91 Å². The molecule has 2 aromatic carbocycles. The first kappa shape index (κ1) is 18.2. The van der Waals surface area contributed by atoms with Gasteiger partial charge in [0.1, 0.15) is 13.2 Å². The maximum Gasteiger partial charge on any atom is 0.325 e. The van der Waals surface area contributed by atoms with Crippen molar-refractivity contribution in [2.75, 3.05) is 30.0 Å². The number of nitrogens with one attached hydrogen (secondary N) is 2. The summed E-state index contributed by atoms with van der Waals surface area (Å²) < 4.78 is 11.0. The summed E-state index contributed by atoms with van der Waals surface area (Å²) in [6.07, 6.45) is 1.98. The van der Waals surface area contributed by atoms with E-state index in [0.29, 0.717) is 30.4 Å². The van der Waals surface area contributed by atoms with Gasteiger partial charge in [-0.3, -0.25) is 10.1 Å². The van der Waals surface area contributed by atoms with Gasteiger partial charge in [0.25, 0.3) is 0 Å². The van der Waals surface area contributed by atoms with E-state index in [1.54, 1.807) is 18.2 Å². The Balaban J connectivity index is 1.37. The van der Waals surface area contributed by atoms with E-state index in [1.165, 1.54) is 5.56 Å². The molecule has 0 unspecified atom stereocenters. The molecule has 4 rings (SSSR count). The van der Waals surface area contributed by atoms with Crippen LogP contribution in [0.15, 0.2) is 42.5 Å². The van der Waals surface area contributed by atoms with Gasteiger partial charge in [0.05, 0.1) is 6.54 Å². The molecule has 0 bridgehead atoms. The molecule has 146 valence electrons. The lowest BCUT2D eigenvalue weighted by atomic mass is 9.97. The van der Waals surface area contributed by atoms with Crippen LogP contribution in [0, 0.1) is 0 Å². The third-order valence-electron chi connectivity index (χ3n) is 5.03. The van der Waals surface area contributed by atoms with Crippen LogP contribution < -0.4 is 25.0 Å². The number of hydrogen-bond acceptors (Lipinski definition) is 5. The first-order chi connectivity index (χ1) is 13.6. The minimum Gasteiger partial charge on any atom is -0.486 e. The SMILES string of the molecule is C[C@H]1CCc2ccccc2N1CC(=O)NC(=O)Nc1ccc2c(c1)OCCO2. The molecule has 2 heterocycles. The number of urea groups is 1. The first-order valence-corrected chi connectivity index (χ1v) is 9.45. The van der Waals surface area contributed by atoms with E-state index < -0.39 is 6.03 Å². The van der Waals surface area contributed by atoms with E-state index in [1.807, 2.05) is 23.1 Å². The molecule has 0 fully saturated rings. The van der Waals surface area contributed by atoms with Gasteiger partial charge in [-0.1, -0.05) is 18.2 Å². The lowest BCUT2D eigenvalue weighted by molar-refractivity contribution is -0.118. The highest BCUT2D eigenvalue weighted by Gasteiger charge is 2.25. The number of nitrogens with zero attached hydrogens (tertiary/aromatic N) is 1. The second kappa shape index (κ2) is 7.80. The monoisotopic (exact) mass is 381 g/mol. The fourth-order valence-electron chi connectivity index (χ4n) is 3.61. The van der Waals surface area contributed by atoms with Crippen molar-refractivity contribution in [3.63, 3.8) is 0 Å². The Morgan fingerprint density at radius 2 is 1.89 bits per heavy atom. The Morgan fingerprint density at radius 1 is 1.11 bits per heavy atom. The van der Waals surface area contributed by atoms with Crippen LogP contribution in [0.4, 0.5) is 16.2 Å². The summed E-state index contributed by atoms with van der Waals surface area (Å²) in [7, 11) is 0. The maximum absolute atomic E-state index is 12.4. The predicted octanol–water partition coefficient (Wildman–Crippen LogP) is 2.95. The van der Waals surface area contributed by atoms with Gasteiger partial charge in [0.15, 0.2) is 11.5 Å². The Labute approximate surface area is 163 Å². The van der Waals surface area contributed by atoms with Gasteiger partial charge in [-0.15, -0.1) is 0 Å². The van der Waals surface area contributed by atoms with Crippen LogP contribution in [0.2, 0.25) is 0 Å². The van der Waals surface area contributed by atoms with Crippen LogP contribution in [0.25, 0.3) is 0 Å². The van der Waals surface area contributed by atoms with Crippen molar-refractivity contribution in [3.8, 4) is 11.5 Å². The summed E-state index contributed by atoms with van der Waals surface area (Å²) in [6, 6.07) is 12.9.